The Morgan fingerprint density at radius 1 is 0.971 bits per heavy atom. The maximum atomic E-state index is 13.0. The van der Waals surface area contributed by atoms with E-state index in [1.807, 2.05) is 66.7 Å². The lowest BCUT2D eigenvalue weighted by Crippen LogP contribution is -2.38. The number of thiophene rings is 1. The van der Waals surface area contributed by atoms with Crippen LogP contribution >= 0.6 is 11.3 Å². The molecule has 1 atom stereocenters. The van der Waals surface area contributed by atoms with Crippen LogP contribution in [0.2, 0.25) is 0 Å². The summed E-state index contributed by atoms with van der Waals surface area (Å²) < 4.78 is 0.885. The van der Waals surface area contributed by atoms with Crippen LogP contribution in [0.1, 0.15) is 26.8 Å². The van der Waals surface area contributed by atoms with Gasteiger partial charge in [0, 0.05) is 17.8 Å². The molecule has 8 heteroatoms. The number of carbonyl (C=O) groups is 2. The van der Waals surface area contributed by atoms with E-state index in [2.05, 4.69) is 16.0 Å². The van der Waals surface area contributed by atoms with Gasteiger partial charge in [-0.15, -0.1) is 11.3 Å². The zero-order chi connectivity index (χ0) is 23.9. The largest absolute Gasteiger partial charge is 0.397 e. The van der Waals surface area contributed by atoms with Crippen LogP contribution < -0.4 is 21.7 Å². The summed E-state index contributed by atoms with van der Waals surface area (Å²) in [7, 11) is 0. The number of rotatable bonds is 9. The Morgan fingerprint density at radius 3 is 2.50 bits per heavy atom. The molecule has 4 aromatic rings. The third-order valence-electron chi connectivity index (χ3n) is 5.34. The van der Waals surface area contributed by atoms with E-state index >= 15 is 0 Å². The molecule has 0 aliphatic rings. The van der Waals surface area contributed by atoms with E-state index < -0.39 is 6.04 Å². The molecule has 7 nitrogen and oxygen atoms in total. The fourth-order valence-corrected chi connectivity index (χ4v) is 4.60. The standard InChI is InChI=1S/C26H26N4O3S/c27-20-8-4-5-9-21(20)30-25(32)23-14-18-10-11-19(15-22(18)34-23)24(28-12-13-31)26(33)29-16-17-6-2-1-3-7-17/h1-11,14-15,24,28,31H,12-13,16,27H2,(H,29,33)(H,30,32). The van der Waals surface area contributed by atoms with E-state index in [0.717, 1.165) is 21.2 Å². The predicted molar refractivity (Wildman–Crippen MR) is 137 cm³/mol. The molecular formula is C26H26N4O3S. The number of aliphatic hydroxyl groups is 1. The van der Waals surface area contributed by atoms with Crippen LogP contribution in [-0.4, -0.2) is 30.1 Å². The van der Waals surface area contributed by atoms with E-state index in [0.29, 0.717) is 22.8 Å². The summed E-state index contributed by atoms with van der Waals surface area (Å²) in [6.07, 6.45) is 0. The van der Waals surface area contributed by atoms with Gasteiger partial charge in [-0.2, -0.15) is 0 Å². The first-order chi connectivity index (χ1) is 16.5. The second kappa shape index (κ2) is 10.9. The molecule has 0 spiro atoms. The normalized spacial score (nSPS) is 11.8. The number of hydrogen-bond acceptors (Lipinski definition) is 6. The van der Waals surface area contributed by atoms with Crippen molar-refractivity contribution in [3.05, 3.63) is 94.9 Å². The second-order valence-electron chi connectivity index (χ2n) is 7.76. The molecule has 2 amide bonds. The summed E-state index contributed by atoms with van der Waals surface area (Å²) >= 11 is 1.35. The lowest BCUT2D eigenvalue weighted by atomic mass is 10.0. The van der Waals surface area contributed by atoms with Crippen molar-refractivity contribution in [1.29, 1.82) is 0 Å². The Hall–Kier alpha value is -3.72. The van der Waals surface area contributed by atoms with Gasteiger partial charge in [0.25, 0.3) is 5.91 Å². The van der Waals surface area contributed by atoms with E-state index in [4.69, 9.17) is 5.73 Å². The SMILES string of the molecule is Nc1ccccc1NC(=O)c1cc2ccc(C(NCCO)C(=O)NCc3ccccc3)cc2s1. The number of hydrogen-bond donors (Lipinski definition) is 5. The van der Waals surface area contributed by atoms with E-state index in [1.165, 1.54) is 11.3 Å². The van der Waals surface area contributed by atoms with Crippen LogP contribution in [0.15, 0.2) is 78.9 Å². The van der Waals surface area contributed by atoms with Gasteiger partial charge in [0.2, 0.25) is 5.91 Å². The molecule has 0 aliphatic heterocycles. The van der Waals surface area contributed by atoms with Crippen molar-refractivity contribution >= 4 is 44.6 Å². The van der Waals surface area contributed by atoms with Gasteiger partial charge in [0.15, 0.2) is 0 Å². The van der Waals surface area contributed by atoms with Gasteiger partial charge < -0.3 is 21.5 Å². The zero-order valence-corrected chi connectivity index (χ0v) is 19.3. The minimum atomic E-state index is -0.635. The van der Waals surface area contributed by atoms with Crippen LogP contribution in [0.3, 0.4) is 0 Å². The quantitative estimate of drug-likeness (QED) is 0.237. The van der Waals surface area contributed by atoms with Crippen molar-refractivity contribution in [2.45, 2.75) is 12.6 Å². The Bertz CT molecular complexity index is 1290. The van der Waals surface area contributed by atoms with Gasteiger partial charge in [0.05, 0.1) is 22.9 Å². The smallest absolute Gasteiger partial charge is 0.265 e. The molecule has 0 aliphatic carbocycles. The van der Waals surface area contributed by atoms with Crippen molar-refractivity contribution in [3.63, 3.8) is 0 Å². The number of aliphatic hydroxyl groups excluding tert-OH is 1. The molecule has 0 radical (unpaired) electrons. The fourth-order valence-electron chi connectivity index (χ4n) is 3.59. The number of anilines is 2. The highest BCUT2D eigenvalue weighted by molar-refractivity contribution is 7.20. The molecular weight excluding hydrogens is 448 g/mol. The molecule has 0 saturated heterocycles. The van der Waals surface area contributed by atoms with Crippen molar-refractivity contribution in [1.82, 2.24) is 10.6 Å². The molecule has 1 unspecified atom stereocenters. The molecule has 174 valence electrons. The topological polar surface area (TPSA) is 116 Å². The second-order valence-corrected chi connectivity index (χ2v) is 8.85. The van der Waals surface area contributed by atoms with Gasteiger partial charge in [-0.25, -0.2) is 0 Å². The van der Waals surface area contributed by atoms with Gasteiger partial charge in [-0.1, -0.05) is 54.6 Å². The van der Waals surface area contributed by atoms with Crippen molar-refractivity contribution < 1.29 is 14.7 Å². The van der Waals surface area contributed by atoms with Crippen LogP contribution in [0.25, 0.3) is 10.1 Å². The Morgan fingerprint density at radius 2 is 1.74 bits per heavy atom. The number of para-hydroxylation sites is 2. The molecule has 4 rings (SSSR count). The van der Waals surface area contributed by atoms with E-state index in [9.17, 15) is 14.7 Å². The molecule has 0 fully saturated rings. The molecule has 3 aromatic carbocycles. The molecule has 0 saturated carbocycles. The highest BCUT2D eigenvalue weighted by Crippen LogP contribution is 2.30. The van der Waals surface area contributed by atoms with E-state index in [1.54, 1.807) is 12.1 Å². The summed E-state index contributed by atoms with van der Waals surface area (Å²) in [6, 6.07) is 23.6. The van der Waals surface area contributed by atoms with Gasteiger partial charge in [0.1, 0.15) is 6.04 Å². The maximum absolute atomic E-state index is 13.0. The summed E-state index contributed by atoms with van der Waals surface area (Å²) in [5.74, 6) is -0.429. The maximum Gasteiger partial charge on any atom is 0.265 e. The van der Waals surface area contributed by atoms with Crippen LogP contribution in [-0.2, 0) is 11.3 Å². The highest BCUT2D eigenvalue weighted by atomic mass is 32.1. The number of amides is 2. The van der Waals surface area contributed by atoms with Crippen LogP contribution in [0, 0.1) is 0 Å². The van der Waals surface area contributed by atoms with Crippen molar-refractivity contribution in [3.8, 4) is 0 Å². The average Bonchev–Trinajstić information content (AvgIpc) is 3.29. The highest BCUT2D eigenvalue weighted by Gasteiger charge is 2.21. The van der Waals surface area contributed by atoms with Crippen LogP contribution in [0.5, 0.6) is 0 Å². The molecule has 0 bridgehead atoms. The van der Waals surface area contributed by atoms with Crippen molar-refractivity contribution in [2.24, 2.45) is 0 Å². The van der Waals surface area contributed by atoms with Crippen molar-refractivity contribution in [2.75, 3.05) is 24.2 Å². The minimum Gasteiger partial charge on any atom is -0.397 e. The first-order valence-corrected chi connectivity index (χ1v) is 11.7. The molecule has 1 aromatic heterocycles. The zero-order valence-electron chi connectivity index (χ0n) is 18.5. The number of carbonyl (C=O) groups excluding carboxylic acids is 2. The van der Waals surface area contributed by atoms with Gasteiger partial charge >= 0.3 is 0 Å². The number of benzene rings is 3. The Kier molecular flexibility index (Phi) is 7.54. The molecule has 34 heavy (non-hydrogen) atoms. The Labute approximate surface area is 201 Å². The third kappa shape index (κ3) is 5.60. The monoisotopic (exact) mass is 474 g/mol. The summed E-state index contributed by atoms with van der Waals surface area (Å²) in [5.41, 5.74) is 8.75. The molecule has 1 heterocycles. The first kappa shape index (κ1) is 23.4. The summed E-state index contributed by atoms with van der Waals surface area (Å²) in [6.45, 7) is 0.597. The summed E-state index contributed by atoms with van der Waals surface area (Å²) in [4.78, 5) is 26.3. The average molecular weight is 475 g/mol. The number of nitrogens with one attached hydrogen (secondary N) is 3. The summed E-state index contributed by atoms with van der Waals surface area (Å²) in [5, 5.41) is 19.1. The predicted octanol–water partition coefficient (Wildman–Crippen LogP) is 3.68. The van der Waals surface area contributed by atoms with Crippen LogP contribution in [0.4, 0.5) is 11.4 Å². The number of nitrogens with two attached hydrogens (primary N) is 1. The molecule has 6 N–H and O–H groups in total. The lowest BCUT2D eigenvalue weighted by molar-refractivity contribution is -0.123. The number of fused-ring (bicyclic) bond motifs is 1. The number of nitrogen functional groups attached to an aromatic ring is 1. The Balaban J connectivity index is 1.53. The van der Waals surface area contributed by atoms with E-state index in [-0.39, 0.29) is 25.0 Å². The third-order valence-corrected chi connectivity index (χ3v) is 6.44. The lowest BCUT2D eigenvalue weighted by Gasteiger charge is -2.18. The fraction of sp³-hybridized carbons (Fsp3) is 0.154. The van der Waals surface area contributed by atoms with Gasteiger partial charge in [-0.05, 0) is 40.8 Å². The first-order valence-electron chi connectivity index (χ1n) is 10.9. The minimum absolute atomic E-state index is 0.0867. The van der Waals surface area contributed by atoms with Gasteiger partial charge in [-0.3, -0.25) is 14.9 Å².